The van der Waals surface area contributed by atoms with E-state index in [-0.39, 0.29) is 36.0 Å². The number of ether oxygens (including phenoxy) is 2. The Labute approximate surface area is 96.3 Å². The second-order valence-corrected chi connectivity index (χ2v) is 4.76. The van der Waals surface area contributed by atoms with Crippen LogP contribution in [-0.2, 0) is 19.1 Å². The molecular formula is C12H20O4. The highest BCUT2D eigenvalue weighted by molar-refractivity contribution is 5.84. The summed E-state index contributed by atoms with van der Waals surface area (Å²) in [5.41, 5.74) is 0. The second kappa shape index (κ2) is 5.32. The molecule has 1 rings (SSSR count). The molecule has 4 heteroatoms. The van der Waals surface area contributed by atoms with Crippen LogP contribution in [0, 0.1) is 11.8 Å². The van der Waals surface area contributed by atoms with Crippen molar-refractivity contribution in [3.63, 3.8) is 0 Å². The minimum atomic E-state index is -0.298. The Bertz CT molecular complexity index is 242. The summed E-state index contributed by atoms with van der Waals surface area (Å²) in [5, 5.41) is 0. The summed E-state index contributed by atoms with van der Waals surface area (Å²) in [7, 11) is 0. The highest BCUT2D eigenvalue weighted by Crippen LogP contribution is 2.36. The van der Waals surface area contributed by atoms with Gasteiger partial charge in [-0.05, 0) is 40.5 Å². The van der Waals surface area contributed by atoms with Crippen LogP contribution in [0.2, 0.25) is 0 Å². The van der Waals surface area contributed by atoms with E-state index in [1.54, 1.807) is 27.7 Å². The molecule has 0 spiro atoms. The molecule has 16 heavy (non-hydrogen) atoms. The Balaban J connectivity index is 2.46. The number of rotatable bonds is 4. The molecule has 0 aromatic rings. The third kappa shape index (κ3) is 3.22. The topological polar surface area (TPSA) is 52.6 Å². The van der Waals surface area contributed by atoms with Crippen molar-refractivity contribution in [1.29, 1.82) is 0 Å². The van der Waals surface area contributed by atoms with E-state index in [1.807, 2.05) is 0 Å². The number of esters is 2. The molecule has 1 aliphatic rings. The van der Waals surface area contributed by atoms with Gasteiger partial charge in [-0.25, -0.2) is 0 Å². The van der Waals surface area contributed by atoms with Crippen LogP contribution in [0.5, 0.6) is 0 Å². The summed E-state index contributed by atoms with van der Waals surface area (Å²) >= 11 is 0. The average Bonchev–Trinajstić information content (AvgIpc) is 1.96. The molecule has 92 valence electrons. The van der Waals surface area contributed by atoms with Gasteiger partial charge < -0.3 is 9.47 Å². The van der Waals surface area contributed by atoms with Gasteiger partial charge in [0.2, 0.25) is 0 Å². The molecule has 0 saturated heterocycles. The van der Waals surface area contributed by atoms with Crippen LogP contribution in [0.1, 0.15) is 40.5 Å². The number of carbonyl (C=O) groups excluding carboxylic acids is 2. The van der Waals surface area contributed by atoms with E-state index in [1.165, 1.54) is 0 Å². The summed E-state index contributed by atoms with van der Waals surface area (Å²) < 4.78 is 10.2. The van der Waals surface area contributed by atoms with E-state index in [9.17, 15) is 9.59 Å². The summed E-state index contributed by atoms with van der Waals surface area (Å²) in [6.07, 6.45) is 1.19. The molecular weight excluding hydrogens is 208 g/mol. The molecule has 0 aromatic heterocycles. The lowest BCUT2D eigenvalue weighted by atomic mass is 9.73. The van der Waals surface area contributed by atoms with Gasteiger partial charge in [-0.1, -0.05) is 0 Å². The highest BCUT2D eigenvalue weighted by Gasteiger charge is 2.43. The maximum Gasteiger partial charge on any atom is 0.310 e. The van der Waals surface area contributed by atoms with E-state index >= 15 is 0 Å². The van der Waals surface area contributed by atoms with Gasteiger partial charge in [-0.3, -0.25) is 9.59 Å². The van der Waals surface area contributed by atoms with Crippen molar-refractivity contribution in [2.75, 3.05) is 0 Å². The van der Waals surface area contributed by atoms with Gasteiger partial charge in [0.25, 0.3) is 0 Å². The van der Waals surface area contributed by atoms with Crippen molar-refractivity contribution in [3.8, 4) is 0 Å². The largest absolute Gasteiger partial charge is 0.463 e. The maximum absolute atomic E-state index is 11.6. The van der Waals surface area contributed by atoms with Gasteiger partial charge in [-0.2, -0.15) is 0 Å². The first-order valence-corrected chi connectivity index (χ1v) is 5.82. The van der Waals surface area contributed by atoms with E-state index in [4.69, 9.17) is 9.47 Å². The molecule has 1 aliphatic carbocycles. The van der Waals surface area contributed by atoms with Crippen LogP contribution in [-0.4, -0.2) is 24.1 Å². The third-order valence-corrected chi connectivity index (χ3v) is 2.58. The lowest BCUT2D eigenvalue weighted by Crippen LogP contribution is -2.41. The van der Waals surface area contributed by atoms with E-state index < -0.39 is 0 Å². The summed E-state index contributed by atoms with van der Waals surface area (Å²) in [6.45, 7) is 7.21. The maximum atomic E-state index is 11.6. The van der Waals surface area contributed by atoms with Crippen LogP contribution >= 0.6 is 0 Å². The van der Waals surface area contributed by atoms with Crippen molar-refractivity contribution in [1.82, 2.24) is 0 Å². The molecule has 2 atom stereocenters. The first-order chi connectivity index (χ1) is 7.41. The SMILES string of the molecule is CC(C)OC(=O)[C@H]1CC[C@H]1C(=O)OC(C)C. The van der Waals surface area contributed by atoms with Crippen molar-refractivity contribution < 1.29 is 19.1 Å². The van der Waals surface area contributed by atoms with Crippen molar-refractivity contribution in [2.24, 2.45) is 11.8 Å². The third-order valence-electron chi connectivity index (χ3n) is 2.58. The zero-order valence-corrected chi connectivity index (χ0v) is 10.4. The zero-order chi connectivity index (χ0) is 12.3. The molecule has 1 saturated carbocycles. The van der Waals surface area contributed by atoms with Crippen LogP contribution in [0.15, 0.2) is 0 Å². The molecule has 0 unspecified atom stereocenters. The molecule has 1 fully saturated rings. The molecule has 0 bridgehead atoms. The molecule has 0 radical (unpaired) electrons. The van der Waals surface area contributed by atoms with E-state index in [2.05, 4.69) is 0 Å². The number of carbonyl (C=O) groups is 2. The Hall–Kier alpha value is -1.06. The fraction of sp³-hybridized carbons (Fsp3) is 0.833. The molecule has 0 aromatic carbocycles. The molecule has 0 amide bonds. The fourth-order valence-corrected chi connectivity index (χ4v) is 1.70. The predicted molar refractivity (Wildman–Crippen MR) is 58.7 cm³/mol. The monoisotopic (exact) mass is 228 g/mol. The summed E-state index contributed by atoms with van der Waals surface area (Å²) in [5.74, 6) is -1.14. The van der Waals surface area contributed by atoms with Gasteiger partial charge in [0.1, 0.15) is 0 Å². The van der Waals surface area contributed by atoms with Crippen molar-refractivity contribution in [2.45, 2.75) is 52.7 Å². The Morgan fingerprint density at radius 1 is 0.875 bits per heavy atom. The van der Waals surface area contributed by atoms with Crippen molar-refractivity contribution in [3.05, 3.63) is 0 Å². The lowest BCUT2D eigenvalue weighted by molar-refractivity contribution is -0.171. The van der Waals surface area contributed by atoms with E-state index in [0.717, 1.165) is 12.8 Å². The predicted octanol–water partition coefficient (Wildman–Crippen LogP) is 1.92. The highest BCUT2D eigenvalue weighted by atomic mass is 16.6. The molecule has 4 nitrogen and oxygen atoms in total. The Kier molecular flexibility index (Phi) is 4.33. The van der Waals surface area contributed by atoms with Crippen LogP contribution in [0.4, 0.5) is 0 Å². The quantitative estimate of drug-likeness (QED) is 0.690. The standard InChI is InChI=1S/C12H20O4/c1-7(2)15-11(13)9-5-6-10(9)12(14)16-8(3)4/h7-10H,5-6H2,1-4H3/t9-,10+. The van der Waals surface area contributed by atoms with Crippen molar-refractivity contribution >= 4 is 11.9 Å². The first kappa shape index (κ1) is 13.0. The minimum absolute atomic E-state index is 0.130. The van der Waals surface area contributed by atoms with Gasteiger partial charge in [-0.15, -0.1) is 0 Å². The number of hydrogen-bond acceptors (Lipinski definition) is 4. The van der Waals surface area contributed by atoms with Crippen LogP contribution < -0.4 is 0 Å². The Morgan fingerprint density at radius 3 is 1.38 bits per heavy atom. The first-order valence-electron chi connectivity index (χ1n) is 5.82. The van der Waals surface area contributed by atoms with Gasteiger partial charge in [0, 0.05) is 0 Å². The van der Waals surface area contributed by atoms with Gasteiger partial charge in [0.15, 0.2) is 0 Å². The molecule has 0 N–H and O–H groups in total. The van der Waals surface area contributed by atoms with Gasteiger partial charge in [0.05, 0.1) is 24.0 Å². The smallest absolute Gasteiger partial charge is 0.310 e. The molecule has 0 aliphatic heterocycles. The van der Waals surface area contributed by atoms with Crippen LogP contribution in [0.3, 0.4) is 0 Å². The second-order valence-electron chi connectivity index (χ2n) is 4.76. The lowest BCUT2D eigenvalue weighted by Gasteiger charge is -2.33. The minimum Gasteiger partial charge on any atom is -0.463 e. The summed E-state index contributed by atoms with van der Waals surface area (Å²) in [6, 6.07) is 0. The van der Waals surface area contributed by atoms with Crippen LogP contribution in [0.25, 0.3) is 0 Å². The summed E-state index contributed by atoms with van der Waals surface area (Å²) in [4.78, 5) is 23.2. The van der Waals surface area contributed by atoms with Gasteiger partial charge >= 0.3 is 11.9 Å². The van der Waals surface area contributed by atoms with E-state index in [0.29, 0.717) is 0 Å². The fourth-order valence-electron chi connectivity index (χ4n) is 1.70. The Morgan fingerprint density at radius 2 is 1.19 bits per heavy atom. The molecule has 0 heterocycles. The normalized spacial score (nSPS) is 24.1. The average molecular weight is 228 g/mol. The number of hydrogen-bond donors (Lipinski definition) is 0. The zero-order valence-electron chi connectivity index (χ0n) is 10.4.